The molecule has 1 atom stereocenters. The van der Waals surface area contributed by atoms with E-state index in [-0.39, 0.29) is 29.8 Å². The summed E-state index contributed by atoms with van der Waals surface area (Å²) < 4.78 is 1.69. The number of nitrogens with one attached hydrogen (secondary N) is 1. The number of phenolic OH excluding ortho intramolecular Hbond substituents is 1. The van der Waals surface area contributed by atoms with Crippen molar-refractivity contribution in [1.29, 1.82) is 0 Å². The van der Waals surface area contributed by atoms with Crippen LogP contribution >= 0.6 is 0 Å². The zero-order chi connectivity index (χ0) is 23.4. The second-order valence-corrected chi connectivity index (χ2v) is 7.65. The Balaban J connectivity index is 1.62. The molecule has 0 aliphatic heterocycles. The number of hydrogen-bond donors (Lipinski definition) is 2. The Bertz CT molecular complexity index is 1280. The summed E-state index contributed by atoms with van der Waals surface area (Å²) in [4.78, 5) is 23.4. The molecular formula is C25H22N4O4. The molecule has 33 heavy (non-hydrogen) atoms. The first-order valence-corrected chi connectivity index (χ1v) is 10.4. The number of hydrogen-bond acceptors (Lipinski definition) is 5. The molecule has 4 rings (SSSR count). The second kappa shape index (κ2) is 9.35. The summed E-state index contributed by atoms with van der Waals surface area (Å²) in [5, 5.41) is 28.3. The maximum absolute atomic E-state index is 12.9. The molecule has 8 heteroatoms. The van der Waals surface area contributed by atoms with Crippen molar-refractivity contribution in [2.75, 3.05) is 0 Å². The van der Waals surface area contributed by atoms with Crippen LogP contribution in [0.1, 0.15) is 24.1 Å². The van der Waals surface area contributed by atoms with Crippen LogP contribution in [-0.4, -0.2) is 25.7 Å². The smallest absolute Gasteiger partial charge is 0.269 e. The number of amides is 1. The number of aromatic hydroxyl groups is 1. The van der Waals surface area contributed by atoms with Crippen LogP contribution < -0.4 is 5.32 Å². The van der Waals surface area contributed by atoms with Crippen LogP contribution in [-0.2, 0) is 11.2 Å². The molecular weight excluding hydrogens is 420 g/mol. The Labute approximate surface area is 190 Å². The normalized spacial score (nSPS) is 11.7. The van der Waals surface area contributed by atoms with Crippen molar-refractivity contribution in [1.82, 2.24) is 15.1 Å². The van der Waals surface area contributed by atoms with Crippen molar-refractivity contribution in [3.05, 3.63) is 106 Å². The lowest BCUT2D eigenvalue weighted by Gasteiger charge is -2.14. The monoisotopic (exact) mass is 442 g/mol. The molecule has 4 aromatic rings. The molecule has 1 unspecified atom stereocenters. The van der Waals surface area contributed by atoms with Gasteiger partial charge in [0.25, 0.3) is 5.69 Å². The highest BCUT2D eigenvalue weighted by Gasteiger charge is 2.18. The summed E-state index contributed by atoms with van der Waals surface area (Å²) in [7, 11) is 0. The maximum atomic E-state index is 12.9. The van der Waals surface area contributed by atoms with E-state index >= 15 is 0 Å². The molecule has 3 aromatic carbocycles. The summed E-state index contributed by atoms with van der Waals surface area (Å²) in [6.45, 7) is 1.84. The van der Waals surface area contributed by atoms with E-state index in [1.165, 1.54) is 12.1 Å². The van der Waals surface area contributed by atoms with E-state index in [1.807, 2.05) is 43.3 Å². The third-order valence-electron chi connectivity index (χ3n) is 5.26. The van der Waals surface area contributed by atoms with Gasteiger partial charge < -0.3 is 10.4 Å². The van der Waals surface area contributed by atoms with Crippen molar-refractivity contribution in [2.24, 2.45) is 0 Å². The van der Waals surface area contributed by atoms with Gasteiger partial charge in [-0.15, -0.1) is 0 Å². The first kappa shape index (κ1) is 21.8. The Hall–Kier alpha value is -4.46. The summed E-state index contributed by atoms with van der Waals surface area (Å²) in [5.74, 6) is -0.0696. The number of carbonyl (C=O) groups excluding carboxylic acids is 1. The van der Waals surface area contributed by atoms with Crippen LogP contribution in [0.3, 0.4) is 0 Å². The van der Waals surface area contributed by atoms with Crippen LogP contribution in [0.4, 0.5) is 5.69 Å². The van der Waals surface area contributed by atoms with Crippen LogP contribution in [0, 0.1) is 10.1 Å². The number of para-hydroxylation sites is 1. The Kier molecular flexibility index (Phi) is 6.17. The van der Waals surface area contributed by atoms with Gasteiger partial charge in [0.2, 0.25) is 5.91 Å². The van der Waals surface area contributed by atoms with E-state index in [1.54, 1.807) is 41.2 Å². The molecule has 0 fully saturated rings. The highest BCUT2D eigenvalue weighted by Crippen LogP contribution is 2.26. The fraction of sp³-hybridized carbons (Fsp3) is 0.120. The number of nitro groups is 1. The van der Waals surface area contributed by atoms with E-state index in [2.05, 4.69) is 10.4 Å². The van der Waals surface area contributed by atoms with E-state index in [4.69, 9.17) is 0 Å². The van der Waals surface area contributed by atoms with Gasteiger partial charge in [-0.25, -0.2) is 4.68 Å². The molecule has 0 aliphatic rings. The minimum Gasteiger partial charge on any atom is -0.508 e. The lowest BCUT2D eigenvalue weighted by atomic mass is 10.0. The molecule has 1 aromatic heterocycles. The number of nitro benzene ring substituents is 1. The highest BCUT2D eigenvalue weighted by molar-refractivity contribution is 5.81. The van der Waals surface area contributed by atoms with Gasteiger partial charge >= 0.3 is 0 Å². The average Bonchev–Trinajstić information content (AvgIpc) is 3.23. The van der Waals surface area contributed by atoms with Crippen LogP contribution in [0.15, 0.2) is 85.1 Å². The average molecular weight is 442 g/mol. The molecule has 0 spiro atoms. The van der Waals surface area contributed by atoms with Gasteiger partial charge in [-0.1, -0.05) is 30.3 Å². The second-order valence-electron chi connectivity index (χ2n) is 7.65. The SMILES string of the molecule is CC(NC(=O)Cc1cn(-c2ccccc2)nc1-c1ccc([N+](=O)[O-])cc1)c1cccc(O)c1. The van der Waals surface area contributed by atoms with Crippen LogP contribution in [0.5, 0.6) is 5.75 Å². The van der Waals surface area contributed by atoms with E-state index in [9.17, 15) is 20.0 Å². The van der Waals surface area contributed by atoms with E-state index < -0.39 is 4.92 Å². The van der Waals surface area contributed by atoms with Crippen molar-refractivity contribution in [2.45, 2.75) is 19.4 Å². The predicted octanol–water partition coefficient (Wildman–Crippen LogP) is 4.57. The molecule has 1 amide bonds. The van der Waals surface area contributed by atoms with Gasteiger partial charge in [-0.2, -0.15) is 5.10 Å². The van der Waals surface area contributed by atoms with Crippen molar-refractivity contribution in [3.63, 3.8) is 0 Å². The Morgan fingerprint density at radius 3 is 2.48 bits per heavy atom. The lowest BCUT2D eigenvalue weighted by molar-refractivity contribution is -0.384. The standard InChI is InChI=1S/C25H22N4O4/c1-17(19-6-5-9-23(30)14-19)26-24(31)15-20-16-28(21-7-3-2-4-8-21)27-25(20)18-10-12-22(13-11-18)29(32)33/h2-14,16-17,30H,15H2,1H3,(H,26,31). The van der Waals surface area contributed by atoms with Gasteiger partial charge in [-0.3, -0.25) is 14.9 Å². The number of benzene rings is 3. The Morgan fingerprint density at radius 1 is 1.09 bits per heavy atom. The largest absolute Gasteiger partial charge is 0.508 e. The molecule has 0 saturated heterocycles. The first-order valence-electron chi connectivity index (χ1n) is 10.4. The minimum absolute atomic E-state index is 0.0135. The summed E-state index contributed by atoms with van der Waals surface area (Å²) in [5.41, 5.74) is 3.56. The third kappa shape index (κ3) is 5.07. The van der Waals surface area contributed by atoms with Crippen molar-refractivity contribution < 1.29 is 14.8 Å². The molecule has 0 saturated carbocycles. The fourth-order valence-corrected chi connectivity index (χ4v) is 3.58. The molecule has 8 nitrogen and oxygen atoms in total. The summed E-state index contributed by atoms with van der Waals surface area (Å²) in [6, 6.07) is 22.1. The van der Waals surface area contributed by atoms with Crippen molar-refractivity contribution >= 4 is 11.6 Å². The molecule has 0 bridgehead atoms. The fourth-order valence-electron chi connectivity index (χ4n) is 3.58. The highest BCUT2D eigenvalue weighted by atomic mass is 16.6. The number of carbonyl (C=O) groups is 1. The van der Waals surface area contributed by atoms with Gasteiger partial charge in [0, 0.05) is 29.5 Å². The van der Waals surface area contributed by atoms with Crippen LogP contribution in [0.25, 0.3) is 16.9 Å². The first-order chi connectivity index (χ1) is 15.9. The number of non-ortho nitro benzene ring substituents is 1. The predicted molar refractivity (Wildman–Crippen MR) is 124 cm³/mol. The third-order valence-corrected chi connectivity index (χ3v) is 5.26. The topological polar surface area (TPSA) is 110 Å². The number of nitrogens with zero attached hydrogens (tertiary/aromatic N) is 3. The molecule has 166 valence electrons. The van der Waals surface area contributed by atoms with Gasteiger partial charge in [0.15, 0.2) is 0 Å². The number of aromatic nitrogens is 2. The van der Waals surface area contributed by atoms with E-state index in [0.717, 1.165) is 11.3 Å². The van der Waals surface area contributed by atoms with Gasteiger partial charge in [-0.05, 0) is 48.9 Å². The van der Waals surface area contributed by atoms with Gasteiger partial charge in [0.05, 0.1) is 28.8 Å². The maximum Gasteiger partial charge on any atom is 0.269 e. The van der Waals surface area contributed by atoms with Gasteiger partial charge in [0.1, 0.15) is 5.75 Å². The summed E-state index contributed by atoms with van der Waals surface area (Å²) >= 11 is 0. The summed E-state index contributed by atoms with van der Waals surface area (Å²) in [6.07, 6.45) is 1.87. The lowest BCUT2D eigenvalue weighted by Crippen LogP contribution is -2.28. The minimum atomic E-state index is -0.455. The van der Waals surface area contributed by atoms with Crippen molar-refractivity contribution in [3.8, 4) is 22.7 Å². The quantitative estimate of drug-likeness (QED) is 0.322. The van der Waals surface area contributed by atoms with Crippen LogP contribution in [0.2, 0.25) is 0 Å². The molecule has 0 aliphatic carbocycles. The zero-order valence-corrected chi connectivity index (χ0v) is 17.9. The number of phenols is 1. The molecule has 1 heterocycles. The molecule has 0 radical (unpaired) electrons. The number of rotatable bonds is 7. The Morgan fingerprint density at radius 2 is 1.82 bits per heavy atom. The zero-order valence-electron chi connectivity index (χ0n) is 17.9. The van der Waals surface area contributed by atoms with E-state index in [0.29, 0.717) is 16.8 Å². The molecule has 2 N–H and O–H groups in total.